The molecule has 1 saturated heterocycles. The molecule has 0 radical (unpaired) electrons. The monoisotopic (exact) mass is 536 g/mol. The third kappa shape index (κ3) is 12.0. The number of aliphatic hydroxyl groups excluding tert-OH is 1. The molecule has 1 aromatic carbocycles. The summed E-state index contributed by atoms with van der Waals surface area (Å²) in [4.78, 5) is 49.0. The predicted octanol–water partition coefficient (Wildman–Crippen LogP) is 0.745. The molecule has 2 atom stereocenters. The van der Waals surface area contributed by atoms with Gasteiger partial charge in [-0.15, -0.1) is 0 Å². The van der Waals surface area contributed by atoms with Crippen molar-refractivity contribution < 1.29 is 29.0 Å². The van der Waals surface area contributed by atoms with Gasteiger partial charge in [0.15, 0.2) is 0 Å². The van der Waals surface area contributed by atoms with Gasteiger partial charge in [-0.3, -0.25) is 19.2 Å². The van der Waals surface area contributed by atoms with Crippen molar-refractivity contribution in [1.29, 1.82) is 0 Å². The molecule has 2 rings (SSSR count). The molecule has 0 spiro atoms. The lowest BCUT2D eigenvalue weighted by Gasteiger charge is -2.22. The van der Waals surface area contributed by atoms with Crippen LogP contribution in [0.5, 0.6) is 0 Å². The average molecular weight is 537 g/mol. The lowest BCUT2D eigenvalue weighted by atomic mass is 10.1. The van der Waals surface area contributed by atoms with Crippen LogP contribution in [0.4, 0.5) is 0 Å². The molecule has 1 aliphatic heterocycles. The van der Waals surface area contributed by atoms with Crippen LogP contribution in [-0.2, 0) is 30.3 Å². The van der Waals surface area contributed by atoms with E-state index in [4.69, 9.17) is 4.74 Å². The number of likely N-dealkylation sites (tertiary alicyclic amines) is 1. The zero-order valence-electron chi connectivity index (χ0n) is 21.8. The van der Waals surface area contributed by atoms with Gasteiger partial charge in [0, 0.05) is 51.9 Å². The fourth-order valence-electron chi connectivity index (χ4n) is 3.83. The van der Waals surface area contributed by atoms with Crippen LogP contribution in [0, 0.1) is 6.92 Å². The van der Waals surface area contributed by atoms with Crippen LogP contribution >= 0.6 is 11.8 Å². The summed E-state index contributed by atoms with van der Waals surface area (Å²) in [5, 5.41) is 18.2. The Morgan fingerprint density at radius 2 is 1.59 bits per heavy atom. The summed E-state index contributed by atoms with van der Waals surface area (Å²) in [7, 11) is 0. The number of carbonyl (C=O) groups is 4. The van der Waals surface area contributed by atoms with Crippen molar-refractivity contribution in [3.63, 3.8) is 0 Å². The maximum Gasteiger partial charge on any atom is 0.225 e. The van der Waals surface area contributed by atoms with E-state index >= 15 is 0 Å². The fraction of sp³-hybridized carbons (Fsp3) is 0.615. The van der Waals surface area contributed by atoms with Crippen LogP contribution in [0.25, 0.3) is 0 Å². The van der Waals surface area contributed by atoms with Gasteiger partial charge in [-0.05, 0) is 31.6 Å². The number of aryl methyl sites for hydroxylation is 2. The van der Waals surface area contributed by atoms with E-state index in [1.54, 1.807) is 0 Å². The Kier molecular flexibility index (Phi) is 14.0. The van der Waals surface area contributed by atoms with E-state index in [9.17, 15) is 24.3 Å². The van der Waals surface area contributed by atoms with Crippen molar-refractivity contribution in [2.24, 2.45) is 0 Å². The lowest BCUT2D eigenvalue weighted by Crippen LogP contribution is -2.39. The van der Waals surface area contributed by atoms with E-state index in [1.807, 2.05) is 13.2 Å². The minimum atomic E-state index is -0.851. The zero-order valence-corrected chi connectivity index (χ0v) is 22.6. The van der Waals surface area contributed by atoms with Gasteiger partial charge in [-0.2, -0.15) is 11.8 Å². The molecular formula is C26H40N4O6S. The Labute approximate surface area is 223 Å². The molecule has 1 aliphatic rings. The van der Waals surface area contributed by atoms with Gasteiger partial charge in [-0.25, -0.2) is 0 Å². The maximum atomic E-state index is 11.9. The zero-order chi connectivity index (χ0) is 27.0. The number of carbonyl (C=O) groups excluding carboxylic acids is 4. The largest absolute Gasteiger partial charge is 0.379 e. The molecule has 0 aromatic heterocycles. The number of rotatable bonds is 17. The Morgan fingerprint density at radius 3 is 2.24 bits per heavy atom. The number of nitrogens with zero attached hydrogens (tertiary/aromatic N) is 1. The molecule has 4 amide bonds. The van der Waals surface area contributed by atoms with Crippen LogP contribution in [0.15, 0.2) is 24.3 Å². The highest BCUT2D eigenvalue weighted by Gasteiger charge is 2.37. The van der Waals surface area contributed by atoms with Crippen LogP contribution in [0.3, 0.4) is 0 Å². The van der Waals surface area contributed by atoms with Gasteiger partial charge in [0.25, 0.3) is 0 Å². The van der Waals surface area contributed by atoms with E-state index in [2.05, 4.69) is 40.2 Å². The molecular weight excluding hydrogens is 496 g/mol. The minimum Gasteiger partial charge on any atom is -0.379 e. The molecule has 11 heteroatoms. The summed E-state index contributed by atoms with van der Waals surface area (Å²) in [5.41, 5.74) is 2.44. The van der Waals surface area contributed by atoms with Crippen LogP contribution in [-0.4, -0.2) is 90.8 Å². The second kappa shape index (κ2) is 17.0. The summed E-state index contributed by atoms with van der Waals surface area (Å²) >= 11 is 1.44. The summed E-state index contributed by atoms with van der Waals surface area (Å²) in [6.07, 6.45) is 3.65. The van der Waals surface area contributed by atoms with Crippen LogP contribution in [0.2, 0.25) is 0 Å². The molecule has 1 heterocycles. The third-order valence-electron chi connectivity index (χ3n) is 6.03. The van der Waals surface area contributed by atoms with E-state index in [1.165, 1.54) is 27.8 Å². The van der Waals surface area contributed by atoms with E-state index in [0.717, 1.165) is 12.8 Å². The normalized spacial score (nSPS) is 17.1. The van der Waals surface area contributed by atoms with Gasteiger partial charge in [0.05, 0.1) is 18.5 Å². The average Bonchev–Trinajstić information content (AvgIpc) is 3.16. The first-order valence-corrected chi connectivity index (χ1v) is 14.0. The van der Waals surface area contributed by atoms with Gasteiger partial charge >= 0.3 is 0 Å². The standard InChI is InChI=1S/C26H40N4O6S/c1-19-6-8-20(9-7-19)4-3-5-22(31)27-12-13-28-24(33)11-16-36-17-14-29-23(32)10-15-30-25(34)18-21(37-2)26(30)35/h6-9,21,26,35H,3-5,10-18H2,1-2H3,(H,27,31)(H,28,33)(H,29,32). The highest BCUT2D eigenvalue weighted by Crippen LogP contribution is 2.26. The van der Waals surface area contributed by atoms with Crippen molar-refractivity contribution >= 4 is 35.4 Å². The number of ether oxygens (including phenoxy) is 1. The highest BCUT2D eigenvalue weighted by molar-refractivity contribution is 7.99. The van der Waals surface area contributed by atoms with Gasteiger partial charge < -0.3 is 30.7 Å². The SMILES string of the molecule is CSC1CC(=O)N(CCC(=O)NCCOCCC(=O)NCCNC(=O)CCCc2ccc(C)cc2)C1O. The first-order chi connectivity index (χ1) is 17.8. The Hall–Kier alpha value is -2.63. The van der Waals surface area contributed by atoms with Gasteiger partial charge in [-0.1, -0.05) is 29.8 Å². The number of hydrogen-bond acceptors (Lipinski definition) is 7. The smallest absolute Gasteiger partial charge is 0.225 e. The Bertz CT molecular complexity index is 882. The van der Waals surface area contributed by atoms with Gasteiger partial charge in [0.1, 0.15) is 6.23 Å². The first kappa shape index (κ1) is 30.6. The molecule has 0 aliphatic carbocycles. The number of benzene rings is 1. The van der Waals surface area contributed by atoms with Crippen molar-refractivity contribution in [1.82, 2.24) is 20.9 Å². The van der Waals surface area contributed by atoms with E-state index in [0.29, 0.717) is 26.1 Å². The van der Waals surface area contributed by atoms with E-state index < -0.39 is 6.23 Å². The maximum absolute atomic E-state index is 11.9. The second-order valence-electron chi connectivity index (χ2n) is 8.98. The van der Waals surface area contributed by atoms with Crippen molar-refractivity contribution in [3.05, 3.63) is 35.4 Å². The molecule has 10 nitrogen and oxygen atoms in total. The molecule has 2 unspecified atom stereocenters. The molecule has 0 saturated carbocycles. The van der Waals surface area contributed by atoms with Gasteiger partial charge in [0.2, 0.25) is 23.6 Å². The second-order valence-corrected chi connectivity index (χ2v) is 10.1. The number of aliphatic hydroxyl groups is 1. The molecule has 206 valence electrons. The lowest BCUT2D eigenvalue weighted by molar-refractivity contribution is -0.134. The van der Waals surface area contributed by atoms with Crippen LogP contribution < -0.4 is 16.0 Å². The molecule has 0 bridgehead atoms. The number of thioether (sulfide) groups is 1. The summed E-state index contributed by atoms with van der Waals surface area (Å²) in [5.74, 6) is -0.571. The Balaban J connectivity index is 1.40. The summed E-state index contributed by atoms with van der Waals surface area (Å²) in [6, 6.07) is 8.29. The molecule has 4 N–H and O–H groups in total. The first-order valence-electron chi connectivity index (χ1n) is 12.7. The van der Waals surface area contributed by atoms with Crippen LogP contribution in [0.1, 0.15) is 43.2 Å². The molecule has 1 fully saturated rings. The summed E-state index contributed by atoms with van der Waals surface area (Å²) < 4.78 is 5.37. The highest BCUT2D eigenvalue weighted by atomic mass is 32.2. The number of amides is 4. The van der Waals surface area contributed by atoms with Crippen molar-refractivity contribution in [2.45, 2.75) is 56.9 Å². The molecule has 1 aromatic rings. The van der Waals surface area contributed by atoms with E-state index in [-0.39, 0.29) is 67.9 Å². The number of hydrogen-bond donors (Lipinski definition) is 4. The fourth-order valence-corrected chi connectivity index (χ4v) is 4.53. The topological polar surface area (TPSA) is 137 Å². The van der Waals surface area contributed by atoms with Crippen molar-refractivity contribution in [2.75, 3.05) is 45.6 Å². The van der Waals surface area contributed by atoms with Crippen molar-refractivity contribution in [3.8, 4) is 0 Å². The molecule has 37 heavy (non-hydrogen) atoms. The summed E-state index contributed by atoms with van der Waals surface area (Å²) in [6.45, 7) is 3.72. The quantitative estimate of drug-likeness (QED) is 0.216. The predicted molar refractivity (Wildman–Crippen MR) is 143 cm³/mol. The minimum absolute atomic E-state index is 0.0286. The Morgan fingerprint density at radius 1 is 0.973 bits per heavy atom. The number of nitrogens with one attached hydrogen (secondary N) is 3. The third-order valence-corrected chi connectivity index (χ3v) is 7.05.